The number of carbonyl (C=O) groups is 1. The predicted molar refractivity (Wildman–Crippen MR) is 108 cm³/mol. The van der Waals surface area contributed by atoms with Gasteiger partial charge in [-0.25, -0.2) is 4.99 Å². The summed E-state index contributed by atoms with van der Waals surface area (Å²) in [5.74, 6) is 1.28. The number of piperazine rings is 1. The zero-order chi connectivity index (χ0) is 18.4. The molecule has 7 heteroatoms. The first kappa shape index (κ1) is 19.2. The first-order valence-electron chi connectivity index (χ1n) is 9.76. The molecule has 1 aromatic heterocycles. The van der Waals surface area contributed by atoms with Gasteiger partial charge in [0.1, 0.15) is 0 Å². The molecule has 26 heavy (non-hydrogen) atoms. The van der Waals surface area contributed by atoms with Gasteiger partial charge < -0.3 is 15.1 Å². The topological polar surface area (TPSA) is 51.2 Å². The van der Waals surface area contributed by atoms with E-state index in [2.05, 4.69) is 45.8 Å². The molecule has 1 aromatic rings. The van der Waals surface area contributed by atoms with E-state index < -0.39 is 0 Å². The lowest BCUT2D eigenvalue weighted by molar-refractivity contribution is -0.135. The summed E-state index contributed by atoms with van der Waals surface area (Å²) < 4.78 is 0. The second kappa shape index (κ2) is 9.37. The lowest BCUT2D eigenvalue weighted by atomic mass is 10.2. The minimum atomic E-state index is -0.0134. The zero-order valence-electron chi connectivity index (χ0n) is 16.0. The summed E-state index contributed by atoms with van der Waals surface area (Å²) in [5.41, 5.74) is 1.26. The van der Waals surface area contributed by atoms with Crippen LogP contribution in [0.2, 0.25) is 0 Å². The fourth-order valence-corrected chi connectivity index (χ4v) is 4.31. The second-order valence-corrected chi connectivity index (χ2v) is 7.81. The van der Waals surface area contributed by atoms with Gasteiger partial charge in [-0.3, -0.25) is 9.69 Å². The van der Waals surface area contributed by atoms with Gasteiger partial charge in [-0.2, -0.15) is 11.3 Å². The molecule has 144 valence electrons. The molecule has 2 fully saturated rings. The number of likely N-dealkylation sites (tertiary alicyclic amines) is 1. The minimum Gasteiger partial charge on any atom is -0.357 e. The van der Waals surface area contributed by atoms with Gasteiger partial charge >= 0.3 is 0 Å². The lowest BCUT2D eigenvalue weighted by Crippen LogP contribution is -2.57. The molecule has 0 spiro atoms. The van der Waals surface area contributed by atoms with Crippen molar-refractivity contribution in [2.75, 3.05) is 45.8 Å². The molecule has 0 saturated carbocycles. The number of rotatable bonds is 5. The van der Waals surface area contributed by atoms with Crippen molar-refractivity contribution in [1.29, 1.82) is 0 Å². The summed E-state index contributed by atoms with van der Waals surface area (Å²) in [4.78, 5) is 24.1. The quantitative estimate of drug-likeness (QED) is 0.628. The summed E-state index contributed by atoms with van der Waals surface area (Å²) in [5, 5.41) is 7.65. The molecular formula is C19H31N5OS. The molecule has 0 bridgehead atoms. The van der Waals surface area contributed by atoms with Gasteiger partial charge in [0.25, 0.3) is 0 Å². The first-order chi connectivity index (χ1) is 12.7. The van der Waals surface area contributed by atoms with Gasteiger partial charge in [0.05, 0.1) is 12.6 Å². The highest BCUT2D eigenvalue weighted by molar-refractivity contribution is 7.07. The van der Waals surface area contributed by atoms with Crippen molar-refractivity contribution in [3.63, 3.8) is 0 Å². The van der Waals surface area contributed by atoms with Crippen LogP contribution in [0.25, 0.3) is 0 Å². The first-order valence-corrected chi connectivity index (χ1v) is 10.7. The standard InChI is InChI=1S/C19H31N5OS/c1-3-20-19(21-14-17-6-13-26-15-17)24-11-9-22(10-12-24)16(2)18(25)23-7-4-5-8-23/h6,13,15-16H,3-5,7-12,14H2,1-2H3,(H,20,21). The summed E-state index contributed by atoms with van der Waals surface area (Å²) >= 11 is 1.71. The Bertz CT molecular complexity index is 589. The van der Waals surface area contributed by atoms with Crippen molar-refractivity contribution in [2.45, 2.75) is 39.3 Å². The molecule has 0 aromatic carbocycles. The van der Waals surface area contributed by atoms with Crippen LogP contribution < -0.4 is 5.32 Å². The van der Waals surface area contributed by atoms with E-state index in [4.69, 9.17) is 4.99 Å². The van der Waals surface area contributed by atoms with Crippen LogP contribution >= 0.6 is 11.3 Å². The van der Waals surface area contributed by atoms with Crippen LogP contribution in [0, 0.1) is 0 Å². The third kappa shape index (κ3) is 4.76. The van der Waals surface area contributed by atoms with Crippen molar-refractivity contribution in [2.24, 2.45) is 4.99 Å². The summed E-state index contributed by atoms with van der Waals surface area (Å²) in [7, 11) is 0. The minimum absolute atomic E-state index is 0.0134. The van der Waals surface area contributed by atoms with Crippen LogP contribution in [0.1, 0.15) is 32.3 Å². The SMILES string of the molecule is CCNC(=NCc1ccsc1)N1CCN(C(C)C(=O)N2CCCC2)CC1. The number of nitrogens with one attached hydrogen (secondary N) is 1. The van der Waals surface area contributed by atoms with Crippen LogP contribution in [0.3, 0.4) is 0 Å². The third-order valence-corrected chi connectivity index (χ3v) is 6.00. The van der Waals surface area contributed by atoms with Gasteiger partial charge in [-0.15, -0.1) is 0 Å². The van der Waals surface area contributed by atoms with Crippen LogP contribution in [-0.2, 0) is 11.3 Å². The Hall–Kier alpha value is -1.60. The maximum Gasteiger partial charge on any atom is 0.239 e. The van der Waals surface area contributed by atoms with Crippen LogP contribution in [0.15, 0.2) is 21.8 Å². The van der Waals surface area contributed by atoms with Gasteiger partial charge in [0, 0.05) is 45.8 Å². The molecule has 2 aliphatic heterocycles. The number of thiophene rings is 1. The molecule has 2 aliphatic rings. The molecule has 1 atom stereocenters. The largest absolute Gasteiger partial charge is 0.357 e. The maximum absolute atomic E-state index is 12.6. The summed E-state index contributed by atoms with van der Waals surface area (Å²) in [6.45, 7) is 11.3. The monoisotopic (exact) mass is 377 g/mol. The van der Waals surface area contributed by atoms with E-state index in [0.717, 1.165) is 71.2 Å². The van der Waals surface area contributed by atoms with Gasteiger partial charge in [-0.05, 0) is 49.1 Å². The molecule has 1 unspecified atom stereocenters. The van der Waals surface area contributed by atoms with E-state index in [-0.39, 0.29) is 6.04 Å². The van der Waals surface area contributed by atoms with E-state index in [1.807, 2.05) is 4.90 Å². The molecule has 3 rings (SSSR count). The number of hydrogen-bond donors (Lipinski definition) is 1. The van der Waals surface area contributed by atoms with E-state index in [9.17, 15) is 4.79 Å². The van der Waals surface area contributed by atoms with Crippen molar-refractivity contribution >= 4 is 23.2 Å². The Labute approximate surface area is 160 Å². The van der Waals surface area contributed by atoms with Crippen LogP contribution in [0.4, 0.5) is 0 Å². The fraction of sp³-hybridized carbons (Fsp3) is 0.684. The maximum atomic E-state index is 12.6. The number of amides is 1. The molecule has 6 nitrogen and oxygen atoms in total. The van der Waals surface area contributed by atoms with Crippen LogP contribution in [-0.4, -0.2) is 78.4 Å². The highest BCUT2D eigenvalue weighted by Crippen LogP contribution is 2.14. The van der Waals surface area contributed by atoms with Crippen molar-refractivity contribution in [3.05, 3.63) is 22.4 Å². The van der Waals surface area contributed by atoms with E-state index in [0.29, 0.717) is 5.91 Å². The summed E-state index contributed by atoms with van der Waals surface area (Å²) in [6.07, 6.45) is 2.30. The Morgan fingerprint density at radius 1 is 1.19 bits per heavy atom. The highest BCUT2D eigenvalue weighted by Gasteiger charge is 2.30. The zero-order valence-corrected chi connectivity index (χ0v) is 16.8. The Morgan fingerprint density at radius 3 is 2.54 bits per heavy atom. The lowest BCUT2D eigenvalue weighted by Gasteiger charge is -2.39. The molecular weight excluding hydrogens is 346 g/mol. The van der Waals surface area contributed by atoms with Crippen LogP contribution in [0.5, 0.6) is 0 Å². The molecule has 3 heterocycles. The second-order valence-electron chi connectivity index (χ2n) is 7.03. The predicted octanol–water partition coefficient (Wildman–Crippen LogP) is 1.84. The van der Waals surface area contributed by atoms with Crippen molar-refractivity contribution in [1.82, 2.24) is 20.0 Å². The van der Waals surface area contributed by atoms with Gasteiger partial charge in [-0.1, -0.05) is 0 Å². The molecule has 0 radical (unpaired) electrons. The molecule has 1 N–H and O–H groups in total. The number of aliphatic imine (C=N–C) groups is 1. The van der Waals surface area contributed by atoms with E-state index >= 15 is 0 Å². The number of hydrogen-bond acceptors (Lipinski definition) is 4. The molecule has 1 amide bonds. The van der Waals surface area contributed by atoms with Crippen molar-refractivity contribution < 1.29 is 4.79 Å². The Morgan fingerprint density at radius 2 is 1.92 bits per heavy atom. The highest BCUT2D eigenvalue weighted by atomic mass is 32.1. The Kier molecular flexibility index (Phi) is 6.91. The average molecular weight is 378 g/mol. The Balaban J connectivity index is 1.53. The number of guanidine groups is 1. The van der Waals surface area contributed by atoms with E-state index in [1.54, 1.807) is 11.3 Å². The molecule has 0 aliphatic carbocycles. The number of carbonyl (C=O) groups excluding carboxylic acids is 1. The third-order valence-electron chi connectivity index (χ3n) is 5.26. The average Bonchev–Trinajstić information content (AvgIpc) is 3.38. The fourth-order valence-electron chi connectivity index (χ4n) is 3.65. The number of nitrogens with zero attached hydrogens (tertiary/aromatic N) is 4. The summed E-state index contributed by atoms with van der Waals surface area (Å²) in [6, 6.07) is 2.11. The normalized spacial score (nSPS) is 20.5. The molecule has 2 saturated heterocycles. The van der Waals surface area contributed by atoms with E-state index in [1.165, 1.54) is 5.56 Å². The van der Waals surface area contributed by atoms with Gasteiger partial charge in [0.15, 0.2) is 5.96 Å². The smallest absolute Gasteiger partial charge is 0.239 e. The van der Waals surface area contributed by atoms with Gasteiger partial charge in [0.2, 0.25) is 5.91 Å². The van der Waals surface area contributed by atoms with Crippen molar-refractivity contribution in [3.8, 4) is 0 Å².